The zero-order valence-electron chi connectivity index (χ0n) is 10.0. The molecule has 0 aliphatic carbocycles. The highest BCUT2D eigenvalue weighted by Crippen LogP contribution is 2.18. The summed E-state index contributed by atoms with van der Waals surface area (Å²) in [5.41, 5.74) is 1.27. The molecule has 2 aromatic rings. The van der Waals surface area contributed by atoms with E-state index < -0.39 is 0 Å². The van der Waals surface area contributed by atoms with E-state index in [0.717, 1.165) is 22.5 Å². The molecule has 2 nitrogen and oxygen atoms in total. The Morgan fingerprint density at radius 3 is 2.76 bits per heavy atom. The monoisotopic (exact) mass is 293 g/mol. The molecule has 1 heterocycles. The Labute approximate surface area is 110 Å². The summed E-state index contributed by atoms with van der Waals surface area (Å²) in [6.07, 6.45) is 0. The third-order valence-electron chi connectivity index (χ3n) is 2.73. The standard InChI is InChI=1S/C14H16BrNO/c1-10-6-7-14(17-10)9-16-11(2)12-4-3-5-13(15)8-12/h3-8,11,16H,9H2,1-2H3/t11-/m0/s1. The molecule has 3 heteroatoms. The maximum absolute atomic E-state index is 5.52. The van der Waals surface area contributed by atoms with Crippen molar-refractivity contribution >= 4 is 15.9 Å². The maximum Gasteiger partial charge on any atom is 0.117 e. The lowest BCUT2D eigenvalue weighted by atomic mass is 10.1. The van der Waals surface area contributed by atoms with Crippen LogP contribution in [0.2, 0.25) is 0 Å². The molecule has 0 aliphatic heterocycles. The fourth-order valence-electron chi connectivity index (χ4n) is 1.73. The lowest BCUT2D eigenvalue weighted by Gasteiger charge is -2.13. The summed E-state index contributed by atoms with van der Waals surface area (Å²) in [7, 11) is 0. The van der Waals surface area contributed by atoms with E-state index in [9.17, 15) is 0 Å². The van der Waals surface area contributed by atoms with Crippen molar-refractivity contribution in [2.75, 3.05) is 0 Å². The number of rotatable bonds is 4. The number of aryl methyl sites for hydroxylation is 1. The smallest absolute Gasteiger partial charge is 0.117 e. The Morgan fingerprint density at radius 2 is 2.12 bits per heavy atom. The van der Waals surface area contributed by atoms with Crippen molar-refractivity contribution in [2.24, 2.45) is 0 Å². The van der Waals surface area contributed by atoms with Crippen LogP contribution in [0.15, 0.2) is 45.3 Å². The highest BCUT2D eigenvalue weighted by atomic mass is 79.9. The van der Waals surface area contributed by atoms with Gasteiger partial charge in [0.25, 0.3) is 0 Å². The predicted molar refractivity (Wildman–Crippen MR) is 72.8 cm³/mol. The second kappa shape index (κ2) is 5.52. The van der Waals surface area contributed by atoms with Crippen molar-refractivity contribution in [3.05, 3.63) is 58.0 Å². The Balaban J connectivity index is 1.95. The molecule has 1 N–H and O–H groups in total. The van der Waals surface area contributed by atoms with Crippen LogP contribution in [0, 0.1) is 6.92 Å². The molecule has 0 saturated carbocycles. The van der Waals surface area contributed by atoms with Gasteiger partial charge in [0, 0.05) is 10.5 Å². The topological polar surface area (TPSA) is 25.2 Å². The van der Waals surface area contributed by atoms with Crippen LogP contribution in [0.4, 0.5) is 0 Å². The van der Waals surface area contributed by atoms with Gasteiger partial charge >= 0.3 is 0 Å². The molecule has 1 aromatic carbocycles. The first kappa shape index (κ1) is 12.4. The van der Waals surface area contributed by atoms with Crippen molar-refractivity contribution in [3.63, 3.8) is 0 Å². The van der Waals surface area contributed by atoms with Gasteiger partial charge in [0.15, 0.2) is 0 Å². The van der Waals surface area contributed by atoms with Gasteiger partial charge in [0.2, 0.25) is 0 Å². The number of halogens is 1. The first-order chi connectivity index (χ1) is 8.15. The summed E-state index contributed by atoms with van der Waals surface area (Å²) >= 11 is 3.48. The minimum absolute atomic E-state index is 0.304. The van der Waals surface area contributed by atoms with Gasteiger partial charge in [-0.2, -0.15) is 0 Å². The van der Waals surface area contributed by atoms with Crippen molar-refractivity contribution in [3.8, 4) is 0 Å². The molecule has 0 spiro atoms. The molecule has 2 rings (SSSR count). The summed E-state index contributed by atoms with van der Waals surface area (Å²) in [5, 5.41) is 3.44. The minimum Gasteiger partial charge on any atom is -0.465 e. The van der Waals surface area contributed by atoms with Crippen LogP contribution in [0.3, 0.4) is 0 Å². The van der Waals surface area contributed by atoms with Crippen LogP contribution in [0.25, 0.3) is 0 Å². The van der Waals surface area contributed by atoms with Gasteiger partial charge in [-0.15, -0.1) is 0 Å². The fraction of sp³-hybridized carbons (Fsp3) is 0.286. The maximum atomic E-state index is 5.52. The van der Waals surface area contributed by atoms with E-state index in [2.05, 4.69) is 46.4 Å². The number of nitrogens with one attached hydrogen (secondary N) is 1. The largest absolute Gasteiger partial charge is 0.465 e. The van der Waals surface area contributed by atoms with E-state index in [-0.39, 0.29) is 0 Å². The average molecular weight is 294 g/mol. The van der Waals surface area contributed by atoms with E-state index in [4.69, 9.17) is 4.42 Å². The summed E-state index contributed by atoms with van der Waals surface area (Å²) in [6.45, 7) is 4.86. The van der Waals surface area contributed by atoms with Crippen molar-refractivity contribution < 1.29 is 4.42 Å². The lowest BCUT2D eigenvalue weighted by Crippen LogP contribution is -2.17. The van der Waals surface area contributed by atoms with E-state index in [1.807, 2.05) is 25.1 Å². The number of benzene rings is 1. The molecule has 0 bridgehead atoms. The average Bonchev–Trinajstić information content (AvgIpc) is 2.72. The van der Waals surface area contributed by atoms with Gasteiger partial charge in [-0.3, -0.25) is 0 Å². The second-order valence-electron chi connectivity index (χ2n) is 4.17. The molecule has 17 heavy (non-hydrogen) atoms. The zero-order chi connectivity index (χ0) is 12.3. The van der Waals surface area contributed by atoms with Crippen molar-refractivity contribution in [2.45, 2.75) is 26.4 Å². The Bertz CT molecular complexity index is 492. The SMILES string of the molecule is Cc1ccc(CN[C@@H](C)c2cccc(Br)c2)o1. The first-order valence-electron chi connectivity index (χ1n) is 5.69. The molecular formula is C14H16BrNO. The summed E-state index contributed by atoms with van der Waals surface area (Å²) in [6, 6.07) is 12.6. The molecule has 0 unspecified atom stereocenters. The molecule has 0 amide bonds. The Hall–Kier alpha value is -1.06. The van der Waals surface area contributed by atoms with Gasteiger partial charge in [-0.05, 0) is 43.7 Å². The van der Waals surface area contributed by atoms with Crippen LogP contribution in [-0.2, 0) is 6.54 Å². The third-order valence-corrected chi connectivity index (χ3v) is 3.22. The van der Waals surface area contributed by atoms with E-state index in [1.165, 1.54) is 5.56 Å². The van der Waals surface area contributed by atoms with Gasteiger partial charge in [0.05, 0.1) is 6.54 Å². The summed E-state index contributed by atoms with van der Waals surface area (Å²) < 4.78 is 6.63. The molecule has 0 aliphatic rings. The molecule has 1 atom stereocenters. The van der Waals surface area contributed by atoms with Crippen LogP contribution >= 0.6 is 15.9 Å². The number of furan rings is 1. The van der Waals surface area contributed by atoms with Crippen molar-refractivity contribution in [1.82, 2.24) is 5.32 Å². The van der Waals surface area contributed by atoms with Crippen LogP contribution in [-0.4, -0.2) is 0 Å². The van der Waals surface area contributed by atoms with Gasteiger partial charge in [-0.1, -0.05) is 28.1 Å². The Morgan fingerprint density at radius 1 is 1.29 bits per heavy atom. The zero-order valence-corrected chi connectivity index (χ0v) is 11.6. The van der Waals surface area contributed by atoms with Crippen LogP contribution in [0.5, 0.6) is 0 Å². The van der Waals surface area contributed by atoms with Gasteiger partial charge in [0.1, 0.15) is 11.5 Å². The van der Waals surface area contributed by atoms with E-state index in [1.54, 1.807) is 0 Å². The quantitative estimate of drug-likeness (QED) is 0.914. The fourth-order valence-corrected chi connectivity index (χ4v) is 2.14. The molecule has 0 fully saturated rings. The lowest BCUT2D eigenvalue weighted by molar-refractivity contribution is 0.444. The predicted octanol–water partition coefficient (Wildman–Crippen LogP) is 4.20. The Kier molecular flexibility index (Phi) is 4.02. The highest BCUT2D eigenvalue weighted by molar-refractivity contribution is 9.10. The highest BCUT2D eigenvalue weighted by Gasteiger charge is 2.06. The molecule has 1 aromatic heterocycles. The summed E-state index contributed by atoms with van der Waals surface area (Å²) in [5.74, 6) is 1.93. The molecule has 90 valence electrons. The third kappa shape index (κ3) is 3.45. The van der Waals surface area contributed by atoms with Crippen molar-refractivity contribution in [1.29, 1.82) is 0 Å². The minimum atomic E-state index is 0.304. The van der Waals surface area contributed by atoms with E-state index >= 15 is 0 Å². The molecule has 0 radical (unpaired) electrons. The first-order valence-corrected chi connectivity index (χ1v) is 6.48. The molecular weight excluding hydrogens is 278 g/mol. The second-order valence-corrected chi connectivity index (χ2v) is 5.09. The number of hydrogen-bond acceptors (Lipinski definition) is 2. The number of hydrogen-bond donors (Lipinski definition) is 1. The van der Waals surface area contributed by atoms with Crippen LogP contribution < -0.4 is 5.32 Å². The van der Waals surface area contributed by atoms with Crippen LogP contribution in [0.1, 0.15) is 30.0 Å². The molecule has 0 saturated heterocycles. The summed E-state index contributed by atoms with van der Waals surface area (Å²) in [4.78, 5) is 0. The van der Waals surface area contributed by atoms with Gasteiger partial charge in [-0.25, -0.2) is 0 Å². The van der Waals surface area contributed by atoms with Gasteiger partial charge < -0.3 is 9.73 Å². The van der Waals surface area contributed by atoms with E-state index in [0.29, 0.717) is 6.04 Å². The normalized spacial score (nSPS) is 12.6.